The molecule has 0 unspecified atom stereocenters. The number of carbonyl (C=O) groups excluding carboxylic acids is 1. The molecule has 4 nitrogen and oxygen atoms in total. The van der Waals surface area contributed by atoms with Gasteiger partial charge in [0.15, 0.2) is 0 Å². The molecular weight excluding hydrogens is 236 g/mol. The van der Waals surface area contributed by atoms with Gasteiger partial charge in [-0.1, -0.05) is 19.3 Å². The maximum Gasteiger partial charge on any atom is 0.216 e. The van der Waals surface area contributed by atoms with Crippen LogP contribution in [0.5, 0.6) is 0 Å². The number of thiol groups is 1. The normalized spacial score (nSPS) is 22.6. The number of hydrogen-bond acceptors (Lipinski definition) is 4. The van der Waals surface area contributed by atoms with Crippen LogP contribution < -0.4 is 0 Å². The average Bonchev–Trinajstić information content (AvgIpc) is 2.25. The Kier molecular flexibility index (Phi) is 4.72. The highest BCUT2D eigenvalue weighted by atomic mass is 32.1. The third-order valence-electron chi connectivity index (χ3n) is 3.01. The van der Waals surface area contributed by atoms with E-state index in [0.29, 0.717) is 12.8 Å². The highest BCUT2D eigenvalue weighted by Crippen LogP contribution is 2.36. The predicted octanol–water partition coefficient (Wildman–Crippen LogP) is 2.76. The van der Waals surface area contributed by atoms with E-state index in [4.69, 9.17) is 0 Å². The highest BCUT2D eigenvalue weighted by Gasteiger charge is 2.42. The molecule has 1 rings (SSSR count). The van der Waals surface area contributed by atoms with E-state index in [1.807, 2.05) is 20.8 Å². The second-order valence-electron chi connectivity index (χ2n) is 5.78. The molecular formula is C12H22N2O2S. The van der Waals surface area contributed by atoms with Crippen LogP contribution in [-0.2, 0) is 4.79 Å². The number of aliphatic hydroxyl groups is 1. The molecule has 98 valence electrons. The summed E-state index contributed by atoms with van der Waals surface area (Å²) in [6, 6.07) is 0. The summed E-state index contributed by atoms with van der Waals surface area (Å²) in [5.41, 5.74) is -1.03. The molecule has 1 atom stereocenters. The van der Waals surface area contributed by atoms with Gasteiger partial charge in [-0.3, -0.25) is 4.79 Å². The number of carbonyl (C=O) groups is 1. The molecule has 0 aromatic carbocycles. The molecule has 17 heavy (non-hydrogen) atoms. The van der Waals surface area contributed by atoms with E-state index in [1.165, 1.54) is 0 Å². The van der Waals surface area contributed by atoms with Gasteiger partial charge in [-0.2, -0.15) is 10.2 Å². The van der Waals surface area contributed by atoms with Crippen LogP contribution >= 0.6 is 12.6 Å². The molecule has 0 heterocycles. The molecule has 0 bridgehead atoms. The molecule has 0 amide bonds. The van der Waals surface area contributed by atoms with E-state index in [1.54, 1.807) is 0 Å². The van der Waals surface area contributed by atoms with Crippen molar-refractivity contribution in [3.63, 3.8) is 0 Å². The van der Waals surface area contributed by atoms with E-state index in [0.717, 1.165) is 19.3 Å². The maximum atomic E-state index is 11.3. The summed E-state index contributed by atoms with van der Waals surface area (Å²) >= 11 is 3.73. The molecule has 0 aromatic heterocycles. The van der Waals surface area contributed by atoms with Crippen molar-refractivity contribution in [1.82, 2.24) is 0 Å². The Bertz CT molecular complexity index is 304. The third kappa shape index (κ3) is 4.07. The van der Waals surface area contributed by atoms with Crippen LogP contribution in [0.3, 0.4) is 0 Å². The average molecular weight is 258 g/mol. The van der Waals surface area contributed by atoms with Crippen LogP contribution in [-0.4, -0.2) is 27.4 Å². The topological polar surface area (TPSA) is 62.0 Å². The Morgan fingerprint density at radius 2 is 1.82 bits per heavy atom. The maximum absolute atomic E-state index is 11.3. The summed E-state index contributed by atoms with van der Waals surface area (Å²) in [4.78, 5) is 11.3. The lowest BCUT2D eigenvalue weighted by atomic mass is 9.78. The van der Waals surface area contributed by atoms with Crippen LogP contribution in [0.2, 0.25) is 0 Å². The van der Waals surface area contributed by atoms with Gasteiger partial charge >= 0.3 is 0 Å². The van der Waals surface area contributed by atoms with Gasteiger partial charge in [0.05, 0.1) is 5.54 Å². The van der Waals surface area contributed by atoms with E-state index in [2.05, 4.69) is 22.9 Å². The summed E-state index contributed by atoms with van der Waals surface area (Å²) in [5, 5.41) is 18.1. The highest BCUT2D eigenvalue weighted by molar-refractivity contribution is 7.96. The molecule has 1 fully saturated rings. The summed E-state index contributed by atoms with van der Waals surface area (Å²) in [6.45, 7) is 5.84. The first-order chi connectivity index (χ1) is 7.77. The minimum atomic E-state index is -1.14. The largest absolute Gasteiger partial charge is 0.382 e. The number of azo groups is 1. The number of hydrogen-bond donors (Lipinski definition) is 2. The Hall–Kier alpha value is -0.420. The molecule has 0 saturated heterocycles. The van der Waals surface area contributed by atoms with Gasteiger partial charge in [0.1, 0.15) is 11.6 Å². The zero-order valence-electron chi connectivity index (χ0n) is 10.8. The summed E-state index contributed by atoms with van der Waals surface area (Å²) in [6.07, 6.45) is 3.35. The van der Waals surface area contributed by atoms with Crippen molar-refractivity contribution < 1.29 is 9.90 Å². The lowest BCUT2D eigenvalue weighted by molar-refractivity contribution is -0.122. The number of aliphatic hydroxyl groups excluding tert-OH is 1. The van der Waals surface area contributed by atoms with Gasteiger partial charge in [0.25, 0.3) is 0 Å². The second-order valence-corrected chi connectivity index (χ2v) is 6.22. The first-order valence-corrected chi connectivity index (χ1v) is 6.56. The standard InChI is InChI=1S/C12H22N2O2S/c1-11(2,3)13-14-12(9(15)10(16)17)7-5-4-6-8-12/h9,15H,4-8H2,1-3H3,(H,16,17)/b14-13+/t9-/m1/s1. The van der Waals surface area contributed by atoms with Crippen LogP contribution in [0.4, 0.5) is 0 Å². The van der Waals surface area contributed by atoms with Crippen molar-refractivity contribution in [1.29, 1.82) is 0 Å². The lowest BCUT2D eigenvalue weighted by Gasteiger charge is -2.35. The van der Waals surface area contributed by atoms with Crippen LogP contribution in [0.25, 0.3) is 0 Å². The van der Waals surface area contributed by atoms with Gasteiger partial charge in [0, 0.05) is 0 Å². The van der Waals surface area contributed by atoms with Crippen LogP contribution in [0, 0.1) is 0 Å². The minimum Gasteiger partial charge on any atom is -0.382 e. The Morgan fingerprint density at radius 1 is 1.29 bits per heavy atom. The summed E-state index contributed by atoms with van der Waals surface area (Å²) in [5.74, 6) is 0. The Morgan fingerprint density at radius 3 is 2.24 bits per heavy atom. The van der Waals surface area contributed by atoms with Crippen LogP contribution in [0.1, 0.15) is 52.9 Å². The molecule has 0 radical (unpaired) electrons. The second kappa shape index (κ2) is 5.48. The monoisotopic (exact) mass is 258 g/mol. The zero-order valence-corrected chi connectivity index (χ0v) is 11.7. The summed E-state index contributed by atoms with van der Waals surface area (Å²) < 4.78 is 0. The molecule has 0 spiro atoms. The molecule has 0 aromatic rings. The van der Waals surface area contributed by atoms with Crippen molar-refractivity contribution >= 4 is 17.7 Å². The van der Waals surface area contributed by atoms with Crippen LogP contribution in [0.15, 0.2) is 10.2 Å². The fourth-order valence-electron chi connectivity index (χ4n) is 2.07. The zero-order chi connectivity index (χ0) is 13.1. The predicted molar refractivity (Wildman–Crippen MR) is 70.4 cm³/mol. The van der Waals surface area contributed by atoms with E-state index < -0.39 is 16.8 Å². The third-order valence-corrected chi connectivity index (χ3v) is 3.26. The molecule has 1 N–H and O–H groups in total. The van der Waals surface area contributed by atoms with E-state index >= 15 is 0 Å². The minimum absolute atomic E-state index is 0.288. The van der Waals surface area contributed by atoms with Crippen molar-refractivity contribution in [2.45, 2.75) is 70.1 Å². The molecule has 1 saturated carbocycles. The Balaban J connectivity index is 2.93. The molecule has 0 aliphatic heterocycles. The van der Waals surface area contributed by atoms with Gasteiger partial charge < -0.3 is 5.11 Å². The Labute approximate surface area is 108 Å². The number of nitrogens with zero attached hydrogens (tertiary/aromatic N) is 2. The van der Waals surface area contributed by atoms with Crippen molar-refractivity contribution in [2.24, 2.45) is 10.2 Å². The van der Waals surface area contributed by atoms with Gasteiger partial charge in [0.2, 0.25) is 5.12 Å². The quantitative estimate of drug-likeness (QED) is 0.604. The fourth-order valence-corrected chi connectivity index (χ4v) is 2.31. The summed E-state index contributed by atoms with van der Waals surface area (Å²) in [7, 11) is 0. The first kappa shape index (κ1) is 14.6. The SMILES string of the molecule is CC(C)(C)/N=N/C1([C@H](O)C(=O)S)CCCCC1. The number of rotatable bonds is 3. The van der Waals surface area contributed by atoms with E-state index in [9.17, 15) is 9.90 Å². The molecule has 5 heteroatoms. The van der Waals surface area contributed by atoms with E-state index in [-0.39, 0.29) is 5.54 Å². The smallest absolute Gasteiger partial charge is 0.216 e. The lowest BCUT2D eigenvalue weighted by Crippen LogP contribution is -2.45. The van der Waals surface area contributed by atoms with Crippen molar-refractivity contribution in [3.05, 3.63) is 0 Å². The van der Waals surface area contributed by atoms with Crippen molar-refractivity contribution in [3.8, 4) is 0 Å². The van der Waals surface area contributed by atoms with Gasteiger partial charge in [-0.25, -0.2) is 0 Å². The fraction of sp³-hybridized carbons (Fsp3) is 0.917. The van der Waals surface area contributed by atoms with Gasteiger partial charge in [-0.15, -0.1) is 12.6 Å². The van der Waals surface area contributed by atoms with Gasteiger partial charge in [-0.05, 0) is 33.6 Å². The molecule has 1 aliphatic rings. The first-order valence-electron chi connectivity index (χ1n) is 6.12. The van der Waals surface area contributed by atoms with Crippen molar-refractivity contribution in [2.75, 3.05) is 0 Å². The molecule has 1 aliphatic carbocycles.